The SMILES string of the molecule is CNC1CCCc2sc(-c3cccc(C)c3F)nc21. The average Bonchev–Trinajstić information content (AvgIpc) is 2.85. The molecule has 0 fully saturated rings. The average molecular weight is 276 g/mol. The van der Waals surface area contributed by atoms with Gasteiger partial charge in [-0.25, -0.2) is 9.37 Å². The number of rotatable bonds is 2. The number of fused-ring (bicyclic) bond motifs is 1. The Kier molecular flexibility index (Phi) is 3.37. The molecular weight excluding hydrogens is 259 g/mol. The van der Waals surface area contributed by atoms with Crippen molar-refractivity contribution < 1.29 is 4.39 Å². The van der Waals surface area contributed by atoms with Crippen LogP contribution in [0.2, 0.25) is 0 Å². The number of hydrogen-bond acceptors (Lipinski definition) is 3. The highest BCUT2D eigenvalue weighted by molar-refractivity contribution is 7.15. The largest absolute Gasteiger partial charge is 0.312 e. The summed E-state index contributed by atoms with van der Waals surface area (Å²) >= 11 is 1.64. The molecule has 0 saturated carbocycles. The van der Waals surface area contributed by atoms with Crippen molar-refractivity contribution >= 4 is 11.3 Å². The number of thiazole rings is 1. The van der Waals surface area contributed by atoms with Crippen LogP contribution in [0.3, 0.4) is 0 Å². The van der Waals surface area contributed by atoms with E-state index in [1.807, 2.05) is 19.2 Å². The Labute approximate surface area is 116 Å². The van der Waals surface area contributed by atoms with Crippen LogP contribution in [0.25, 0.3) is 10.6 Å². The summed E-state index contributed by atoms with van der Waals surface area (Å²) in [5.74, 6) is -0.144. The van der Waals surface area contributed by atoms with Gasteiger partial charge in [0.25, 0.3) is 0 Å². The molecule has 4 heteroatoms. The van der Waals surface area contributed by atoms with E-state index >= 15 is 0 Å². The van der Waals surface area contributed by atoms with Crippen LogP contribution in [0.15, 0.2) is 18.2 Å². The van der Waals surface area contributed by atoms with Crippen molar-refractivity contribution in [2.75, 3.05) is 7.05 Å². The lowest BCUT2D eigenvalue weighted by atomic mass is 9.98. The molecule has 0 aliphatic heterocycles. The fourth-order valence-electron chi connectivity index (χ4n) is 2.63. The van der Waals surface area contributed by atoms with Crippen LogP contribution < -0.4 is 5.32 Å². The van der Waals surface area contributed by atoms with Crippen molar-refractivity contribution in [2.24, 2.45) is 0 Å². The number of aryl methyl sites for hydroxylation is 2. The van der Waals surface area contributed by atoms with Gasteiger partial charge in [0, 0.05) is 10.4 Å². The van der Waals surface area contributed by atoms with E-state index in [0.717, 1.165) is 23.5 Å². The van der Waals surface area contributed by atoms with Crippen molar-refractivity contribution in [2.45, 2.75) is 32.2 Å². The first-order valence-electron chi connectivity index (χ1n) is 6.63. The molecule has 0 radical (unpaired) electrons. The second kappa shape index (κ2) is 5.02. The molecule has 1 N–H and O–H groups in total. The monoisotopic (exact) mass is 276 g/mol. The van der Waals surface area contributed by atoms with Gasteiger partial charge in [0.2, 0.25) is 0 Å². The first kappa shape index (κ1) is 12.8. The van der Waals surface area contributed by atoms with Crippen molar-refractivity contribution in [3.8, 4) is 10.6 Å². The van der Waals surface area contributed by atoms with Crippen LogP contribution in [0, 0.1) is 12.7 Å². The summed E-state index contributed by atoms with van der Waals surface area (Å²) in [6, 6.07) is 5.83. The minimum absolute atomic E-state index is 0.144. The molecule has 3 rings (SSSR count). The van der Waals surface area contributed by atoms with E-state index in [2.05, 4.69) is 5.32 Å². The highest BCUT2D eigenvalue weighted by Gasteiger charge is 2.24. The zero-order valence-corrected chi connectivity index (χ0v) is 12.0. The van der Waals surface area contributed by atoms with Crippen molar-refractivity contribution in [1.29, 1.82) is 0 Å². The summed E-state index contributed by atoms with van der Waals surface area (Å²) in [6.45, 7) is 1.79. The van der Waals surface area contributed by atoms with E-state index in [9.17, 15) is 4.39 Å². The smallest absolute Gasteiger partial charge is 0.136 e. The van der Waals surface area contributed by atoms with Crippen molar-refractivity contribution in [1.82, 2.24) is 10.3 Å². The standard InChI is InChI=1S/C15H17FN2S/c1-9-5-3-6-10(13(9)16)15-18-14-11(17-2)7-4-8-12(14)19-15/h3,5-6,11,17H,4,7-8H2,1-2H3. The maximum Gasteiger partial charge on any atom is 0.136 e. The highest BCUT2D eigenvalue weighted by Crippen LogP contribution is 2.37. The third-order valence-corrected chi connectivity index (χ3v) is 4.89. The maximum absolute atomic E-state index is 14.2. The van der Waals surface area contributed by atoms with Gasteiger partial charge < -0.3 is 5.32 Å². The molecule has 0 spiro atoms. The quantitative estimate of drug-likeness (QED) is 0.901. The van der Waals surface area contributed by atoms with E-state index in [1.165, 1.54) is 11.3 Å². The predicted molar refractivity (Wildman–Crippen MR) is 77.0 cm³/mol. The molecule has 100 valence electrons. The lowest BCUT2D eigenvalue weighted by molar-refractivity contribution is 0.490. The number of aromatic nitrogens is 1. The number of nitrogens with one attached hydrogen (secondary N) is 1. The topological polar surface area (TPSA) is 24.9 Å². The molecule has 0 bridgehead atoms. The van der Waals surface area contributed by atoms with Gasteiger partial charge in [0.05, 0.1) is 11.7 Å². The lowest BCUT2D eigenvalue weighted by Crippen LogP contribution is -2.21. The molecule has 0 amide bonds. The summed E-state index contributed by atoms with van der Waals surface area (Å²) in [5, 5.41) is 4.11. The fraction of sp³-hybridized carbons (Fsp3) is 0.400. The Balaban J connectivity index is 2.07. The van der Waals surface area contributed by atoms with Gasteiger partial charge in [0.15, 0.2) is 0 Å². The summed E-state index contributed by atoms with van der Waals surface area (Å²) in [4.78, 5) is 6.00. The van der Waals surface area contributed by atoms with Crippen molar-refractivity contribution in [3.05, 3.63) is 40.2 Å². The molecule has 1 aromatic heterocycles. The van der Waals surface area contributed by atoms with E-state index in [0.29, 0.717) is 17.2 Å². The third kappa shape index (κ3) is 2.19. The van der Waals surface area contributed by atoms with E-state index in [-0.39, 0.29) is 5.82 Å². The molecule has 1 unspecified atom stereocenters. The molecule has 19 heavy (non-hydrogen) atoms. The van der Waals surface area contributed by atoms with Gasteiger partial charge in [-0.1, -0.05) is 12.1 Å². The Hall–Kier alpha value is -1.26. The Morgan fingerprint density at radius 1 is 1.42 bits per heavy atom. The summed E-state index contributed by atoms with van der Waals surface area (Å²) in [5.41, 5.74) is 2.43. The second-order valence-corrected chi connectivity index (χ2v) is 6.08. The molecule has 1 atom stereocenters. The van der Waals surface area contributed by atoms with Crippen molar-refractivity contribution in [3.63, 3.8) is 0 Å². The first-order valence-corrected chi connectivity index (χ1v) is 7.44. The van der Waals surface area contributed by atoms with Gasteiger partial charge in [-0.3, -0.25) is 0 Å². The van der Waals surface area contributed by atoms with Gasteiger partial charge in [-0.15, -0.1) is 11.3 Å². The lowest BCUT2D eigenvalue weighted by Gasteiger charge is -2.19. The highest BCUT2D eigenvalue weighted by atomic mass is 32.1. The van der Waals surface area contributed by atoms with E-state index in [1.54, 1.807) is 24.3 Å². The van der Waals surface area contributed by atoms with Crippen LogP contribution >= 0.6 is 11.3 Å². The van der Waals surface area contributed by atoms with Crippen LogP contribution in [-0.2, 0) is 6.42 Å². The number of halogens is 1. The Morgan fingerprint density at radius 2 is 2.26 bits per heavy atom. The molecular formula is C15H17FN2S. The Bertz CT molecular complexity index is 606. The zero-order chi connectivity index (χ0) is 13.4. The van der Waals surface area contributed by atoms with Crippen LogP contribution in [0.4, 0.5) is 4.39 Å². The van der Waals surface area contributed by atoms with Gasteiger partial charge in [-0.05, 0) is 44.9 Å². The maximum atomic E-state index is 14.2. The molecule has 2 aromatic rings. The zero-order valence-electron chi connectivity index (χ0n) is 11.2. The summed E-state index contributed by atoms with van der Waals surface area (Å²) in [6.07, 6.45) is 3.36. The third-order valence-electron chi connectivity index (χ3n) is 3.72. The number of nitrogens with zero attached hydrogens (tertiary/aromatic N) is 1. The van der Waals surface area contributed by atoms with Gasteiger partial charge in [0.1, 0.15) is 10.8 Å². The molecule has 1 aromatic carbocycles. The minimum Gasteiger partial charge on any atom is -0.312 e. The Morgan fingerprint density at radius 3 is 3.05 bits per heavy atom. The number of hydrogen-bond donors (Lipinski definition) is 1. The molecule has 1 heterocycles. The van der Waals surface area contributed by atoms with Gasteiger partial charge >= 0.3 is 0 Å². The normalized spacial score (nSPS) is 18.4. The summed E-state index contributed by atoms with van der Waals surface area (Å²) < 4.78 is 14.2. The van der Waals surface area contributed by atoms with Crippen LogP contribution in [-0.4, -0.2) is 12.0 Å². The molecule has 1 aliphatic carbocycles. The fourth-order valence-corrected chi connectivity index (χ4v) is 3.81. The molecule has 1 aliphatic rings. The van der Waals surface area contributed by atoms with E-state index < -0.39 is 0 Å². The predicted octanol–water partition coefficient (Wildman–Crippen LogP) is 3.85. The van der Waals surface area contributed by atoms with E-state index in [4.69, 9.17) is 4.98 Å². The summed E-state index contributed by atoms with van der Waals surface area (Å²) in [7, 11) is 1.96. The first-order chi connectivity index (χ1) is 9.20. The molecule has 2 nitrogen and oxygen atoms in total. The second-order valence-electron chi connectivity index (χ2n) is 5.00. The molecule has 0 saturated heterocycles. The van der Waals surface area contributed by atoms with Crippen LogP contribution in [0.1, 0.15) is 35.0 Å². The minimum atomic E-state index is -0.144. The number of benzene rings is 1. The van der Waals surface area contributed by atoms with Gasteiger partial charge in [-0.2, -0.15) is 0 Å². The van der Waals surface area contributed by atoms with Crippen LogP contribution in [0.5, 0.6) is 0 Å².